The topological polar surface area (TPSA) is 55.4 Å². The smallest absolute Gasteiger partial charge is 0.182 e. The standard InChI is InChI=1S/C12H17NO3S/c1-9-3-4-11(16-2)12(5-9)17(14,15)8-10-6-13-7-10/h3-5,10,13H,6-8H2,1-2H3. The Morgan fingerprint density at radius 3 is 2.65 bits per heavy atom. The van der Waals surface area contributed by atoms with Gasteiger partial charge in [-0.05, 0) is 30.5 Å². The summed E-state index contributed by atoms with van der Waals surface area (Å²) in [5.74, 6) is 0.855. The van der Waals surface area contributed by atoms with Crippen LogP contribution in [0, 0.1) is 12.8 Å². The van der Waals surface area contributed by atoms with Crippen LogP contribution in [0.2, 0.25) is 0 Å². The van der Waals surface area contributed by atoms with Crippen LogP contribution in [0.15, 0.2) is 23.1 Å². The number of sulfone groups is 1. The van der Waals surface area contributed by atoms with Crippen LogP contribution in [0.5, 0.6) is 5.75 Å². The third-order valence-electron chi connectivity index (χ3n) is 2.98. The van der Waals surface area contributed by atoms with Gasteiger partial charge in [-0.25, -0.2) is 8.42 Å². The molecular formula is C12H17NO3S. The summed E-state index contributed by atoms with van der Waals surface area (Å²) in [5, 5.41) is 3.08. The summed E-state index contributed by atoms with van der Waals surface area (Å²) >= 11 is 0. The van der Waals surface area contributed by atoms with Gasteiger partial charge in [-0.2, -0.15) is 0 Å². The van der Waals surface area contributed by atoms with E-state index in [4.69, 9.17) is 4.74 Å². The van der Waals surface area contributed by atoms with Crippen LogP contribution in [0.1, 0.15) is 5.56 Å². The highest BCUT2D eigenvalue weighted by Gasteiger charge is 2.27. The molecule has 0 amide bonds. The van der Waals surface area contributed by atoms with Crippen molar-refractivity contribution < 1.29 is 13.2 Å². The first kappa shape index (κ1) is 12.4. The molecule has 1 aromatic carbocycles. The van der Waals surface area contributed by atoms with Crippen molar-refractivity contribution in [3.8, 4) is 5.75 Å². The molecule has 0 radical (unpaired) electrons. The molecule has 4 nitrogen and oxygen atoms in total. The minimum absolute atomic E-state index is 0.194. The van der Waals surface area contributed by atoms with E-state index in [2.05, 4.69) is 5.32 Å². The Morgan fingerprint density at radius 2 is 2.12 bits per heavy atom. The van der Waals surface area contributed by atoms with Crippen molar-refractivity contribution in [1.82, 2.24) is 5.32 Å². The Kier molecular flexibility index (Phi) is 3.40. The van der Waals surface area contributed by atoms with Crippen LogP contribution in [0.25, 0.3) is 0 Å². The van der Waals surface area contributed by atoms with Gasteiger partial charge in [0.1, 0.15) is 10.6 Å². The van der Waals surface area contributed by atoms with Crippen molar-refractivity contribution in [3.05, 3.63) is 23.8 Å². The fourth-order valence-corrected chi connectivity index (χ4v) is 3.75. The highest BCUT2D eigenvalue weighted by molar-refractivity contribution is 7.91. The van der Waals surface area contributed by atoms with Gasteiger partial charge < -0.3 is 10.1 Å². The maximum atomic E-state index is 12.3. The lowest BCUT2D eigenvalue weighted by atomic mass is 10.1. The second-order valence-electron chi connectivity index (χ2n) is 4.46. The molecule has 1 aliphatic rings. The number of benzene rings is 1. The lowest BCUT2D eigenvalue weighted by Gasteiger charge is -2.26. The molecule has 1 fully saturated rings. The first-order valence-corrected chi connectivity index (χ1v) is 7.26. The monoisotopic (exact) mass is 255 g/mol. The summed E-state index contributed by atoms with van der Waals surface area (Å²) in [6.45, 7) is 3.45. The van der Waals surface area contributed by atoms with E-state index in [1.807, 2.05) is 13.0 Å². The zero-order valence-electron chi connectivity index (χ0n) is 10.1. The molecule has 0 saturated carbocycles. The molecule has 0 unspecified atom stereocenters. The van der Waals surface area contributed by atoms with Crippen molar-refractivity contribution in [2.45, 2.75) is 11.8 Å². The predicted octanol–water partition coefficient (Wildman–Crippen LogP) is 0.997. The number of aryl methyl sites for hydroxylation is 1. The molecule has 0 aromatic heterocycles. The SMILES string of the molecule is COc1ccc(C)cc1S(=O)(=O)CC1CNC1. The minimum Gasteiger partial charge on any atom is -0.495 e. The number of ether oxygens (including phenoxy) is 1. The van der Waals surface area contributed by atoms with E-state index in [-0.39, 0.29) is 11.7 Å². The number of rotatable bonds is 4. The summed E-state index contributed by atoms with van der Waals surface area (Å²) in [4.78, 5) is 0.312. The quantitative estimate of drug-likeness (QED) is 0.872. The fourth-order valence-electron chi connectivity index (χ4n) is 1.89. The zero-order chi connectivity index (χ0) is 12.5. The third kappa shape index (κ3) is 2.61. The maximum Gasteiger partial charge on any atom is 0.182 e. The van der Waals surface area contributed by atoms with Gasteiger partial charge in [0.15, 0.2) is 9.84 Å². The molecule has 1 aromatic rings. The normalized spacial score (nSPS) is 16.6. The van der Waals surface area contributed by atoms with E-state index in [9.17, 15) is 8.42 Å². The summed E-state index contributed by atoms with van der Waals surface area (Å²) in [5.41, 5.74) is 0.927. The minimum atomic E-state index is -3.25. The lowest BCUT2D eigenvalue weighted by molar-refractivity contribution is 0.376. The van der Waals surface area contributed by atoms with E-state index < -0.39 is 9.84 Å². The van der Waals surface area contributed by atoms with Gasteiger partial charge in [0.2, 0.25) is 0 Å². The molecule has 17 heavy (non-hydrogen) atoms. The molecule has 94 valence electrons. The molecular weight excluding hydrogens is 238 g/mol. The van der Waals surface area contributed by atoms with Crippen LogP contribution in [0.4, 0.5) is 0 Å². The summed E-state index contributed by atoms with van der Waals surface area (Å²) in [6.07, 6.45) is 0. The van der Waals surface area contributed by atoms with Crippen molar-refractivity contribution in [2.24, 2.45) is 5.92 Å². The van der Waals surface area contributed by atoms with E-state index in [1.165, 1.54) is 7.11 Å². The molecule has 1 aliphatic heterocycles. The zero-order valence-corrected chi connectivity index (χ0v) is 10.9. The second-order valence-corrected chi connectivity index (χ2v) is 6.46. The summed E-state index contributed by atoms with van der Waals surface area (Å²) in [7, 11) is -1.76. The maximum absolute atomic E-state index is 12.3. The number of nitrogens with one attached hydrogen (secondary N) is 1. The number of hydrogen-bond donors (Lipinski definition) is 1. The average Bonchev–Trinajstić information content (AvgIpc) is 2.24. The van der Waals surface area contributed by atoms with Gasteiger partial charge in [0, 0.05) is 13.1 Å². The summed E-state index contributed by atoms with van der Waals surface area (Å²) in [6, 6.07) is 5.24. The van der Waals surface area contributed by atoms with E-state index in [0.29, 0.717) is 10.6 Å². The molecule has 0 bridgehead atoms. The van der Waals surface area contributed by atoms with Gasteiger partial charge >= 0.3 is 0 Å². The highest BCUT2D eigenvalue weighted by atomic mass is 32.2. The van der Waals surface area contributed by atoms with Crippen LogP contribution in [0.3, 0.4) is 0 Å². The predicted molar refractivity (Wildman–Crippen MR) is 66.1 cm³/mol. The molecule has 0 spiro atoms. The Labute approximate surface area is 102 Å². The van der Waals surface area contributed by atoms with E-state index in [0.717, 1.165) is 18.7 Å². The summed E-state index contributed by atoms with van der Waals surface area (Å²) < 4.78 is 29.6. The Morgan fingerprint density at radius 1 is 1.41 bits per heavy atom. The van der Waals surface area contributed by atoms with Crippen LogP contribution >= 0.6 is 0 Å². The molecule has 0 aliphatic carbocycles. The first-order valence-electron chi connectivity index (χ1n) is 5.61. The van der Waals surface area contributed by atoms with Crippen LogP contribution in [-0.4, -0.2) is 34.4 Å². The van der Waals surface area contributed by atoms with Gasteiger partial charge in [0.05, 0.1) is 12.9 Å². The van der Waals surface area contributed by atoms with Gasteiger partial charge in [-0.1, -0.05) is 6.07 Å². The molecule has 1 saturated heterocycles. The number of methoxy groups -OCH3 is 1. The second kappa shape index (κ2) is 4.66. The molecule has 1 heterocycles. The molecule has 5 heteroatoms. The first-order chi connectivity index (χ1) is 8.03. The van der Waals surface area contributed by atoms with Gasteiger partial charge in [-0.15, -0.1) is 0 Å². The van der Waals surface area contributed by atoms with Gasteiger partial charge in [-0.3, -0.25) is 0 Å². The van der Waals surface area contributed by atoms with Crippen molar-refractivity contribution >= 4 is 9.84 Å². The average molecular weight is 255 g/mol. The van der Waals surface area contributed by atoms with Gasteiger partial charge in [0.25, 0.3) is 0 Å². The van der Waals surface area contributed by atoms with Crippen molar-refractivity contribution in [2.75, 3.05) is 26.0 Å². The van der Waals surface area contributed by atoms with Crippen LogP contribution in [-0.2, 0) is 9.84 Å². The third-order valence-corrected chi connectivity index (χ3v) is 4.87. The Balaban J connectivity index is 2.33. The highest BCUT2D eigenvalue weighted by Crippen LogP contribution is 2.27. The Hall–Kier alpha value is -1.07. The van der Waals surface area contributed by atoms with E-state index >= 15 is 0 Å². The number of hydrogen-bond acceptors (Lipinski definition) is 4. The largest absolute Gasteiger partial charge is 0.495 e. The lowest BCUT2D eigenvalue weighted by Crippen LogP contribution is -2.45. The van der Waals surface area contributed by atoms with Crippen molar-refractivity contribution in [3.63, 3.8) is 0 Å². The Bertz CT molecular complexity index is 506. The van der Waals surface area contributed by atoms with Crippen LogP contribution < -0.4 is 10.1 Å². The van der Waals surface area contributed by atoms with Crippen molar-refractivity contribution in [1.29, 1.82) is 0 Å². The molecule has 1 N–H and O–H groups in total. The van der Waals surface area contributed by atoms with E-state index in [1.54, 1.807) is 12.1 Å². The molecule has 0 atom stereocenters. The molecule has 2 rings (SSSR count). The fraction of sp³-hybridized carbons (Fsp3) is 0.500.